The molecule has 6 nitrogen and oxygen atoms in total. The van der Waals surface area contributed by atoms with Gasteiger partial charge in [-0.3, -0.25) is 14.5 Å². The lowest BCUT2D eigenvalue weighted by molar-refractivity contribution is -0.143. The number of fused-ring (bicyclic) bond motifs is 1. The molecule has 12 heteroatoms. The monoisotopic (exact) mass is 568 g/mol. The number of likely N-dealkylation sites (N-methyl/N-ethyl adjacent to an activating group) is 1. The summed E-state index contributed by atoms with van der Waals surface area (Å²) in [5.41, 5.74) is -2.48. The Hall–Kier alpha value is -3.38. The van der Waals surface area contributed by atoms with Crippen molar-refractivity contribution in [2.24, 2.45) is 0 Å². The van der Waals surface area contributed by atoms with Crippen molar-refractivity contribution in [2.45, 2.75) is 37.7 Å². The lowest BCUT2D eigenvalue weighted by Gasteiger charge is -2.33. The van der Waals surface area contributed by atoms with E-state index < -0.39 is 47.1 Å². The fraction of sp³-hybridized carbons (Fsp3) is 0.429. The van der Waals surface area contributed by atoms with Gasteiger partial charge < -0.3 is 15.2 Å². The van der Waals surface area contributed by atoms with Gasteiger partial charge in [0.1, 0.15) is 0 Å². The maximum Gasteiger partial charge on any atom is 0.416 e. The third kappa shape index (κ3) is 6.67. The Kier molecular flexibility index (Phi) is 8.60. The Balaban J connectivity index is 1.84. The highest BCUT2D eigenvalue weighted by Crippen LogP contribution is 2.41. The van der Waals surface area contributed by atoms with Crippen LogP contribution in [0.25, 0.3) is 10.9 Å². The molecule has 3 aromatic rings. The number of carbonyl (C=O) groups is 2. The van der Waals surface area contributed by atoms with Gasteiger partial charge in [0, 0.05) is 55.6 Å². The van der Waals surface area contributed by atoms with Crippen molar-refractivity contribution < 1.29 is 35.9 Å². The molecule has 2 aromatic carbocycles. The standard InChI is InChI=1S/C28H30F6N4O2/c1-3-23(39)26(36-24(40)16-38-10-8-37(2)9-11-38)25(21-15-35-22-7-5-4-6-20(21)22)17-12-18(27(29,30)31)14-19(13-17)28(32,33)34/h4-7,12-15,25-26,35H,3,8-11,16H2,1-2H3,(H,36,40). The first-order chi connectivity index (χ1) is 18.8. The molecule has 0 radical (unpaired) electrons. The fourth-order valence-corrected chi connectivity index (χ4v) is 5.06. The molecule has 1 aliphatic heterocycles. The third-order valence-corrected chi connectivity index (χ3v) is 7.23. The topological polar surface area (TPSA) is 68.4 Å². The molecule has 0 aliphatic carbocycles. The Morgan fingerprint density at radius 2 is 1.55 bits per heavy atom. The highest BCUT2D eigenvalue weighted by Gasteiger charge is 2.40. The summed E-state index contributed by atoms with van der Waals surface area (Å²) in [6.45, 7) is 4.13. The van der Waals surface area contributed by atoms with Crippen LogP contribution in [0, 0.1) is 0 Å². The van der Waals surface area contributed by atoms with E-state index in [1.54, 1.807) is 24.3 Å². The number of rotatable bonds is 8. The van der Waals surface area contributed by atoms with Crippen LogP contribution in [0.1, 0.15) is 41.5 Å². The van der Waals surface area contributed by atoms with Gasteiger partial charge in [0.15, 0.2) is 5.78 Å². The Morgan fingerprint density at radius 1 is 0.950 bits per heavy atom. The molecule has 0 bridgehead atoms. The van der Waals surface area contributed by atoms with Crippen LogP contribution in [-0.4, -0.2) is 72.3 Å². The number of hydrogen-bond donors (Lipinski definition) is 2. The zero-order valence-electron chi connectivity index (χ0n) is 22.0. The molecule has 1 amide bonds. The summed E-state index contributed by atoms with van der Waals surface area (Å²) in [5.74, 6) is -2.39. The van der Waals surface area contributed by atoms with E-state index in [2.05, 4.69) is 15.2 Å². The molecule has 2 unspecified atom stereocenters. The van der Waals surface area contributed by atoms with Crippen LogP contribution in [-0.2, 0) is 21.9 Å². The van der Waals surface area contributed by atoms with Crippen LogP contribution in [0.15, 0.2) is 48.7 Å². The van der Waals surface area contributed by atoms with Gasteiger partial charge in [-0.2, -0.15) is 26.3 Å². The van der Waals surface area contributed by atoms with E-state index in [1.807, 2.05) is 11.9 Å². The average molecular weight is 569 g/mol. The van der Waals surface area contributed by atoms with E-state index >= 15 is 0 Å². The minimum atomic E-state index is -5.07. The number of carbonyl (C=O) groups excluding carboxylic acids is 2. The van der Waals surface area contributed by atoms with Crippen molar-refractivity contribution in [3.05, 3.63) is 70.9 Å². The summed E-state index contributed by atoms with van der Waals surface area (Å²) in [6, 6.07) is 6.65. The van der Waals surface area contributed by atoms with Crippen LogP contribution in [0.3, 0.4) is 0 Å². The van der Waals surface area contributed by atoms with E-state index in [1.165, 1.54) is 13.1 Å². The first-order valence-electron chi connectivity index (χ1n) is 12.9. The number of H-pyrrole nitrogens is 1. The molecule has 2 N–H and O–H groups in total. The average Bonchev–Trinajstić information content (AvgIpc) is 3.32. The predicted molar refractivity (Wildman–Crippen MR) is 138 cm³/mol. The minimum absolute atomic E-state index is 0.0540. The van der Waals surface area contributed by atoms with E-state index in [0.29, 0.717) is 41.7 Å². The Labute approximate surface area is 227 Å². The number of nitrogens with zero attached hydrogens (tertiary/aromatic N) is 2. The van der Waals surface area contributed by atoms with Crippen LogP contribution in [0.5, 0.6) is 0 Å². The molecule has 40 heavy (non-hydrogen) atoms. The van der Waals surface area contributed by atoms with Gasteiger partial charge in [0.2, 0.25) is 5.91 Å². The summed E-state index contributed by atoms with van der Waals surface area (Å²) in [5, 5.41) is 3.19. The molecular formula is C28H30F6N4O2. The SMILES string of the molecule is CCC(=O)C(NC(=O)CN1CCN(C)CC1)C(c1cc(C(F)(F)F)cc(C(F)(F)F)c1)c1c[nH]c2ccccc12. The maximum absolute atomic E-state index is 13.8. The van der Waals surface area contributed by atoms with Gasteiger partial charge in [-0.25, -0.2) is 0 Å². The smallest absolute Gasteiger partial charge is 0.361 e. The first kappa shape index (κ1) is 29.6. The van der Waals surface area contributed by atoms with E-state index in [9.17, 15) is 35.9 Å². The summed E-state index contributed by atoms with van der Waals surface area (Å²) in [6.07, 6.45) is -8.78. The molecule has 4 rings (SSSR count). The second-order valence-corrected chi connectivity index (χ2v) is 10.1. The number of hydrogen-bond acceptors (Lipinski definition) is 4. The van der Waals surface area contributed by atoms with Gasteiger partial charge in [-0.15, -0.1) is 0 Å². The number of aromatic nitrogens is 1. The van der Waals surface area contributed by atoms with E-state index in [0.717, 1.165) is 13.1 Å². The number of benzene rings is 2. The van der Waals surface area contributed by atoms with Gasteiger partial charge in [0.25, 0.3) is 0 Å². The van der Waals surface area contributed by atoms with Crippen LogP contribution in [0.4, 0.5) is 26.3 Å². The van der Waals surface area contributed by atoms with Gasteiger partial charge in [-0.05, 0) is 42.4 Å². The van der Waals surface area contributed by atoms with Gasteiger partial charge in [-0.1, -0.05) is 25.1 Å². The van der Waals surface area contributed by atoms with Crippen LogP contribution >= 0.6 is 0 Å². The van der Waals surface area contributed by atoms with Crippen LogP contribution in [0.2, 0.25) is 0 Å². The zero-order valence-corrected chi connectivity index (χ0v) is 22.0. The Bertz CT molecular complexity index is 1330. The summed E-state index contributed by atoms with van der Waals surface area (Å²) in [4.78, 5) is 33.4. The molecule has 2 atom stereocenters. The Morgan fingerprint density at radius 3 is 2.12 bits per heavy atom. The van der Waals surface area contributed by atoms with Crippen LogP contribution < -0.4 is 5.32 Å². The minimum Gasteiger partial charge on any atom is -0.361 e. The predicted octanol–water partition coefficient (Wildman–Crippen LogP) is 5.05. The summed E-state index contributed by atoms with van der Waals surface area (Å²) < 4.78 is 82.8. The lowest BCUT2D eigenvalue weighted by Crippen LogP contribution is -2.52. The van der Waals surface area contributed by atoms with Crippen molar-refractivity contribution in [3.8, 4) is 0 Å². The number of halogens is 6. The molecule has 0 spiro atoms. The number of ketones is 1. The number of amides is 1. The molecular weight excluding hydrogens is 538 g/mol. The van der Waals surface area contributed by atoms with Crippen molar-refractivity contribution in [1.82, 2.24) is 20.1 Å². The van der Waals surface area contributed by atoms with E-state index in [4.69, 9.17) is 0 Å². The highest BCUT2D eigenvalue weighted by atomic mass is 19.4. The quantitative estimate of drug-likeness (QED) is 0.374. The van der Waals surface area contributed by atoms with Gasteiger partial charge in [0.05, 0.1) is 23.7 Å². The summed E-state index contributed by atoms with van der Waals surface area (Å²) in [7, 11) is 1.95. The first-order valence-corrected chi connectivity index (χ1v) is 12.9. The number of Topliss-reactive ketones (excluding diaryl/α,β-unsaturated/α-hetero) is 1. The lowest BCUT2D eigenvalue weighted by atomic mass is 9.81. The maximum atomic E-state index is 13.8. The molecule has 0 saturated carbocycles. The number of alkyl halides is 6. The van der Waals surface area contributed by atoms with Crippen molar-refractivity contribution >= 4 is 22.6 Å². The molecule has 1 aliphatic rings. The molecule has 1 saturated heterocycles. The number of piperazine rings is 1. The molecule has 216 valence electrons. The summed E-state index contributed by atoms with van der Waals surface area (Å²) >= 11 is 0. The number of para-hydroxylation sites is 1. The number of aromatic amines is 1. The van der Waals surface area contributed by atoms with E-state index in [-0.39, 0.29) is 24.6 Å². The second-order valence-electron chi connectivity index (χ2n) is 10.1. The number of nitrogens with one attached hydrogen (secondary N) is 2. The van der Waals surface area contributed by atoms with Crippen molar-refractivity contribution in [2.75, 3.05) is 39.8 Å². The molecule has 1 aromatic heterocycles. The van der Waals surface area contributed by atoms with Crippen molar-refractivity contribution in [3.63, 3.8) is 0 Å². The van der Waals surface area contributed by atoms with Crippen molar-refractivity contribution in [1.29, 1.82) is 0 Å². The van der Waals surface area contributed by atoms with Gasteiger partial charge >= 0.3 is 12.4 Å². The molecule has 2 heterocycles. The largest absolute Gasteiger partial charge is 0.416 e. The second kappa shape index (κ2) is 11.6. The molecule has 1 fully saturated rings. The zero-order chi connectivity index (χ0) is 29.2. The highest BCUT2D eigenvalue weighted by molar-refractivity contribution is 5.93. The fourth-order valence-electron chi connectivity index (χ4n) is 5.06. The third-order valence-electron chi connectivity index (χ3n) is 7.23. The normalized spacial score (nSPS) is 17.1.